The maximum absolute atomic E-state index is 13.0. The summed E-state index contributed by atoms with van der Waals surface area (Å²) in [5, 5.41) is 0. The molecule has 0 bridgehead atoms. The van der Waals surface area contributed by atoms with E-state index in [0.29, 0.717) is 12.5 Å². The van der Waals surface area contributed by atoms with Crippen molar-refractivity contribution in [2.24, 2.45) is 11.7 Å². The van der Waals surface area contributed by atoms with Gasteiger partial charge in [0, 0.05) is 19.1 Å². The molecule has 0 radical (unpaired) electrons. The van der Waals surface area contributed by atoms with Crippen molar-refractivity contribution in [1.29, 1.82) is 0 Å². The molecule has 2 N–H and O–H groups in total. The Bertz CT molecular complexity index is 459. The van der Waals surface area contributed by atoms with Gasteiger partial charge in [-0.1, -0.05) is 31.5 Å². The minimum absolute atomic E-state index is 0.198. The van der Waals surface area contributed by atoms with Crippen molar-refractivity contribution in [1.82, 2.24) is 4.90 Å². The minimum atomic E-state index is -4.35. The molecule has 0 spiro atoms. The second-order valence-electron chi connectivity index (χ2n) is 5.87. The Kier molecular flexibility index (Phi) is 5.27. The van der Waals surface area contributed by atoms with Crippen molar-refractivity contribution in [2.45, 2.75) is 38.4 Å². The number of rotatable bonds is 4. The highest BCUT2D eigenvalue weighted by Gasteiger charge is 2.34. The van der Waals surface area contributed by atoms with Gasteiger partial charge in [-0.25, -0.2) is 0 Å². The normalized spacial score (nSPS) is 22.2. The van der Waals surface area contributed by atoms with Crippen LogP contribution in [0.1, 0.15) is 43.4 Å². The molecule has 2 nitrogen and oxygen atoms in total. The van der Waals surface area contributed by atoms with E-state index in [2.05, 4.69) is 11.8 Å². The Morgan fingerprint density at radius 3 is 2.71 bits per heavy atom. The Morgan fingerprint density at radius 1 is 1.33 bits per heavy atom. The Morgan fingerprint density at radius 2 is 2.05 bits per heavy atom. The van der Waals surface area contributed by atoms with Gasteiger partial charge in [0.15, 0.2) is 0 Å². The molecule has 0 saturated carbocycles. The van der Waals surface area contributed by atoms with E-state index in [4.69, 9.17) is 5.73 Å². The van der Waals surface area contributed by atoms with Crippen LogP contribution in [0.5, 0.6) is 0 Å². The average molecular weight is 300 g/mol. The van der Waals surface area contributed by atoms with E-state index < -0.39 is 17.8 Å². The van der Waals surface area contributed by atoms with Gasteiger partial charge < -0.3 is 10.6 Å². The number of nitrogens with two attached hydrogens (primary N) is 1. The van der Waals surface area contributed by atoms with Crippen molar-refractivity contribution < 1.29 is 13.2 Å². The van der Waals surface area contributed by atoms with E-state index in [1.165, 1.54) is 18.6 Å². The lowest BCUT2D eigenvalue weighted by Crippen LogP contribution is -2.40. The summed E-state index contributed by atoms with van der Waals surface area (Å²) in [4.78, 5) is 2.20. The molecule has 0 aliphatic carbocycles. The fourth-order valence-corrected chi connectivity index (χ4v) is 3.11. The molecular formula is C16H23F3N2. The molecule has 21 heavy (non-hydrogen) atoms. The predicted octanol–water partition coefficient (Wildman–Crippen LogP) is 3.83. The van der Waals surface area contributed by atoms with Crippen molar-refractivity contribution in [2.75, 3.05) is 19.6 Å². The zero-order valence-electron chi connectivity index (χ0n) is 12.4. The monoisotopic (exact) mass is 300 g/mol. The number of piperidine rings is 1. The van der Waals surface area contributed by atoms with E-state index in [1.54, 1.807) is 6.07 Å². The van der Waals surface area contributed by atoms with E-state index >= 15 is 0 Å². The summed E-state index contributed by atoms with van der Waals surface area (Å²) in [6, 6.07) is 5.04. The number of alkyl halides is 3. The Labute approximate surface area is 124 Å². The molecule has 0 aromatic heterocycles. The summed E-state index contributed by atoms with van der Waals surface area (Å²) < 4.78 is 39.1. The molecular weight excluding hydrogens is 277 g/mol. The zero-order valence-corrected chi connectivity index (χ0v) is 12.4. The van der Waals surface area contributed by atoms with E-state index in [1.807, 2.05) is 0 Å². The van der Waals surface area contributed by atoms with Crippen LogP contribution in [-0.2, 0) is 6.18 Å². The van der Waals surface area contributed by atoms with Gasteiger partial charge in [0.2, 0.25) is 0 Å². The summed E-state index contributed by atoms with van der Waals surface area (Å²) in [7, 11) is 0. The largest absolute Gasteiger partial charge is 0.416 e. The predicted molar refractivity (Wildman–Crippen MR) is 77.8 cm³/mol. The minimum Gasteiger partial charge on any atom is -0.323 e. The fraction of sp³-hybridized carbons (Fsp3) is 0.625. The lowest BCUT2D eigenvalue weighted by Gasteiger charge is -2.34. The molecule has 1 saturated heterocycles. The highest BCUT2D eigenvalue weighted by Crippen LogP contribution is 2.34. The van der Waals surface area contributed by atoms with Crippen LogP contribution in [-0.4, -0.2) is 24.5 Å². The molecule has 1 aromatic carbocycles. The first-order valence-corrected chi connectivity index (χ1v) is 7.56. The number of hydrogen-bond donors (Lipinski definition) is 1. The third-order valence-electron chi connectivity index (χ3n) is 4.30. The third kappa shape index (κ3) is 4.20. The SMILES string of the molecule is CCC1CCCN(CC(N)c2ccccc2C(F)(F)F)C1. The Hall–Kier alpha value is -1.07. The highest BCUT2D eigenvalue weighted by molar-refractivity contribution is 5.32. The standard InChI is InChI=1S/C16H23F3N2/c1-2-12-6-5-9-21(10-12)11-15(20)13-7-3-4-8-14(13)16(17,18)19/h3-4,7-8,12,15H,2,5-6,9-11,20H2,1H3. The summed E-state index contributed by atoms with van der Waals surface area (Å²) >= 11 is 0. The van der Waals surface area contributed by atoms with Crippen LogP contribution in [0.4, 0.5) is 13.2 Å². The van der Waals surface area contributed by atoms with Crippen LogP contribution in [0.3, 0.4) is 0 Å². The second-order valence-corrected chi connectivity index (χ2v) is 5.87. The Balaban J connectivity index is 2.08. The molecule has 118 valence electrons. The summed E-state index contributed by atoms with van der Waals surface area (Å²) in [5.41, 5.74) is 5.66. The molecule has 1 fully saturated rings. The number of halogens is 3. The number of benzene rings is 1. The van der Waals surface area contributed by atoms with Gasteiger partial charge in [-0.2, -0.15) is 13.2 Å². The molecule has 0 amide bonds. The topological polar surface area (TPSA) is 29.3 Å². The lowest BCUT2D eigenvalue weighted by molar-refractivity contribution is -0.138. The van der Waals surface area contributed by atoms with Gasteiger partial charge in [-0.15, -0.1) is 0 Å². The quantitative estimate of drug-likeness (QED) is 0.915. The van der Waals surface area contributed by atoms with Crippen molar-refractivity contribution in [3.63, 3.8) is 0 Å². The molecule has 5 heteroatoms. The summed E-state index contributed by atoms with van der Waals surface area (Å²) in [6.45, 7) is 4.52. The number of nitrogens with zero attached hydrogens (tertiary/aromatic N) is 1. The third-order valence-corrected chi connectivity index (χ3v) is 4.30. The van der Waals surface area contributed by atoms with E-state index in [-0.39, 0.29) is 5.56 Å². The van der Waals surface area contributed by atoms with Crippen LogP contribution in [0.2, 0.25) is 0 Å². The summed E-state index contributed by atoms with van der Waals surface area (Å²) in [6.07, 6.45) is -0.916. The van der Waals surface area contributed by atoms with Gasteiger partial charge in [0.05, 0.1) is 5.56 Å². The van der Waals surface area contributed by atoms with Crippen molar-refractivity contribution in [3.05, 3.63) is 35.4 Å². The summed E-state index contributed by atoms with van der Waals surface area (Å²) in [5.74, 6) is 0.642. The highest BCUT2D eigenvalue weighted by atomic mass is 19.4. The molecule has 2 atom stereocenters. The van der Waals surface area contributed by atoms with Gasteiger partial charge in [0.25, 0.3) is 0 Å². The fourth-order valence-electron chi connectivity index (χ4n) is 3.11. The number of likely N-dealkylation sites (tertiary alicyclic amines) is 1. The van der Waals surface area contributed by atoms with E-state index in [0.717, 1.165) is 32.0 Å². The van der Waals surface area contributed by atoms with Gasteiger partial charge in [-0.3, -0.25) is 0 Å². The number of hydrogen-bond acceptors (Lipinski definition) is 2. The van der Waals surface area contributed by atoms with Gasteiger partial charge in [-0.05, 0) is 36.9 Å². The van der Waals surface area contributed by atoms with Crippen LogP contribution in [0.25, 0.3) is 0 Å². The van der Waals surface area contributed by atoms with Crippen LogP contribution in [0.15, 0.2) is 24.3 Å². The van der Waals surface area contributed by atoms with E-state index in [9.17, 15) is 13.2 Å². The molecule has 1 heterocycles. The maximum Gasteiger partial charge on any atom is 0.416 e. The van der Waals surface area contributed by atoms with Crippen molar-refractivity contribution >= 4 is 0 Å². The molecule has 1 aromatic rings. The zero-order chi connectivity index (χ0) is 15.5. The maximum atomic E-state index is 13.0. The first-order valence-electron chi connectivity index (χ1n) is 7.56. The first-order chi connectivity index (χ1) is 9.91. The van der Waals surface area contributed by atoms with Crippen molar-refractivity contribution in [3.8, 4) is 0 Å². The van der Waals surface area contributed by atoms with Crippen LogP contribution in [0, 0.1) is 5.92 Å². The molecule has 2 unspecified atom stereocenters. The smallest absolute Gasteiger partial charge is 0.323 e. The lowest BCUT2D eigenvalue weighted by atomic mass is 9.94. The van der Waals surface area contributed by atoms with Gasteiger partial charge in [0.1, 0.15) is 0 Å². The molecule has 1 aliphatic rings. The first kappa shape index (κ1) is 16.3. The average Bonchev–Trinajstić information content (AvgIpc) is 2.46. The molecule has 1 aliphatic heterocycles. The molecule has 2 rings (SSSR count). The van der Waals surface area contributed by atoms with Crippen LogP contribution < -0.4 is 5.73 Å². The van der Waals surface area contributed by atoms with Gasteiger partial charge >= 0.3 is 6.18 Å². The second kappa shape index (κ2) is 6.79. The van der Waals surface area contributed by atoms with Crippen LogP contribution >= 0.6 is 0 Å².